The van der Waals surface area contributed by atoms with Crippen LogP contribution in [0.25, 0.3) is 0 Å². The summed E-state index contributed by atoms with van der Waals surface area (Å²) < 4.78 is 13.2. The molecule has 0 spiro atoms. The summed E-state index contributed by atoms with van der Waals surface area (Å²) >= 11 is 5.80. The fourth-order valence-electron chi connectivity index (χ4n) is 1.29. The Morgan fingerprint density at radius 1 is 1.53 bits per heavy atom. The first kappa shape index (κ1) is 12.0. The van der Waals surface area contributed by atoms with Crippen LogP contribution < -0.4 is 0 Å². The van der Waals surface area contributed by atoms with Gasteiger partial charge in [0.1, 0.15) is 5.82 Å². The van der Waals surface area contributed by atoms with Crippen LogP contribution in [0.4, 0.5) is 4.39 Å². The lowest BCUT2D eigenvalue weighted by molar-refractivity contribution is -0.137. The second-order valence-corrected chi connectivity index (χ2v) is 3.84. The van der Waals surface area contributed by atoms with Gasteiger partial charge in [0.2, 0.25) is 0 Å². The lowest BCUT2D eigenvalue weighted by Gasteiger charge is -2.04. The molecule has 0 saturated heterocycles. The van der Waals surface area contributed by atoms with Gasteiger partial charge in [-0.05, 0) is 37.5 Å². The molecule has 0 heterocycles. The first-order valence-electron chi connectivity index (χ1n) is 4.67. The number of hydrogen-bond donors (Lipinski definition) is 1. The normalized spacial score (nSPS) is 10.3. The van der Waals surface area contributed by atoms with Crippen LogP contribution in [0.3, 0.4) is 0 Å². The summed E-state index contributed by atoms with van der Waals surface area (Å²) in [6.45, 7) is 1.61. The van der Waals surface area contributed by atoms with Gasteiger partial charge < -0.3 is 5.11 Å². The molecule has 0 fully saturated rings. The van der Waals surface area contributed by atoms with Crippen LogP contribution in [-0.2, 0) is 11.2 Å². The van der Waals surface area contributed by atoms with Gasteiger partial charge >= 0.3 is 5.97 Å². The number of halogens is 2. The number of hydrogen-bond acceptors (Lipinski definition) is 1. The Balaban J connectivity index is 2.66. The maximum Gasteiger partial charge on any atom is 0.303 e. The predicted octanol–water partition coefficient (Wildman–Crippen LogP) is 3.19. The van der Waals surface area contributed by atoms with Gasteiger partial charge in [-0.2, -0.15) is 0 Å². The standard InChI is InChI=1S/C11H12ClFO2/c1-7-9(12)5-8(6-10(7)13)3-2-4-11(14)15/h5-6H,2-4H2,1H3,(H,14,15). The fourth-order valence-corrected chi connectivity index (χ4v) is 1.52. The largest absolute Gasteiger partial charge is 0.481 e. The van der Waals surface area contributed by atoms with Crippen molar-refractivity contribution in [2.45, 2.75) is 26.2 Å². The van der Waals surface area contributed by atoms with Crippen molar-refractivity contribution in [2.75, 3.05) is 0 Å². The Labute approximate surface area is 92.7 Å². The van der Waals surface area contributed by atoms with Crippen LogP contribution in [-0.4, -0.2) is 11.1 Å². The van der Waals surface area contributed by atoms with Gasteiger partial charge in [0.05, 0.1) is 0 Å². The quantitative estimate of drug-likeness (QED) is 0.863. The summed E-state index contributed by atoms with van der Waals surface area (Å²) in [5, 5.41) is 8.83. The molecular weight excluding hydrogens is 219 g/mol. The summed E-state index contributed by atoms with van der Waals surface area (Å²) in [6.07, 6.45) is 1.12. The molecule has 0 unspecified atom stereocenters. The molecule has 1 aromatic rings. The molecule has 4 heteroatoms. The summed E-state index contributed by atoms with van der Waals surface area (Å²) in [5.74, 6) is -1.18. The Bertz CT molecular complexity index is 354. The number of carbonyl (C=O) groups is 1. The summed E-state index contributed by atoms with van der Waals surface area (Å²) in [5.41, 5.74) is 1.17. The van der Waals surface area contributed by atoms with Crippen LogP contribution in [0, 0.1) is 12.7 Å². The van der Waals surface area contributed by atoms with Crippen LogP contribution >= 0.6 is 11.6 Å². The van der Waals surface area contributed by atoms with Crippen LogP contribution in [0.5, 0.6) is 0 Å². The Kier molecular flexibility index (Phi) is 4.09. The first-order valence-corrected chi connectivity index (χ1v) is 5.05. The molecule has 0 amide bonds. The fraction of sp³-hybridized carbons (Fsp3) is 0.364. The number of benzene rings is 1. The third-order valence-electron chi connectivity index (χ3n) is 2.20. The van der Waals surface area contributed by atoms with Crippen LogP contribution in [0.15, 0.2) is 12.1 Å². The Hall–Kier alpha value is -1.09. The molecule has 0 aliphatic rings. The van der Waals surface area contributed by atoms with Crippen molar-refractivity contribution in [3.8, 4) is 0 Å². The minimum atomic E-state index is -0.839. The van der Waals surface area contributed by atoms with Crippen molar-refractivity contribution < 1.29 is 14.3 Å². The average molecular weight is 231 g/mol. The summed E-state index contributed by atoms with van der Waals surface area (Å²) in [4.78, 5) is 10.3. The zero-order chi connectivity index (χ0) is 11.4. The molecule has 0 aliphatic carbocycles. The highest BCUT2D eigenvalue weighted by Gasteiger charge is 2.05. The van der Waals surface area contributed by atoms with E-state index in [0.717, 1.165) is 5.56 Å². The number of carboxylic acid groups (broad SMARTS) is 1. The van der Waals surface area contributed by atoms with E-state index >= 15 is 0 Å². The molecule has 0 atom stereocenters. The van der Waals surface area contributed by atoms with E-state index < -0.39 is 5.97 Å². The van der Waals surface area contributed by atoms with Crippen molar-refractivity contribution >= 4 is 17.6 Å². The van der Waals surface area contributed by atoms with Gasteiger partial charge in [0, 0.05) is 17.0 Å². The lowest BCUT2D eigenvalue weighted by Crippen LogP contribution is -1.97. The highest BCUT2D eigenvalue weighted by Crippen LogP contribution is 2.21. The van der Waals surface area contributed by atoms with E-state index in [9.17, 15) is 9.18 Å². The molecule has 0 aromatic heterocycles. The molecule has 0 radical (unpaired) electrons. The molecule has 0 aliphatic heterocycles. The van der Waals surface area contributed by atoms with E-state index in [0.29, 0.717) is 23.4 Å². The monoisotopic (exact) mass is 230 g/mol. The Morgan fingerprint density at radius 2 is 2.20 bits per heavy atom. The van der Waals surface area contributed by atoms with E-state index in [1.165, 1.54) is 6.07 Å². The van der Waals surface area contributed by atoms with Crippen LogP contribution in [0.1, 0.15) is 24.0 Å². The van der Waals surface area contributed by atoms with E-state index in [2.05, 4.69) is 0 Å². The van der Waals surface area contributed by atoms with Crippen molar-refractivity contribution in [3.05, 3.63) is 34.1 Å². The molecular formula is C11H12ClFO2. The second-order valence-electron chi connectivity index (χ2n) is 3.43. The van der Waals surface area contributed by atoms with E-state index in [1.807, 2.05) is 0 Å². The van der Waals surface area contributed by atoms with E-state index in [-0.39, 0.29) is 12.2 Å². The van der Waals surface area contributed by atoms with E-state index in [1.54, 1.807) is 13.0 Å². The topological polar surface area (TPSA) is 37.3 Å². The maximum absolute atomic E-state index is 13.2. The SMILES string of the molecule is Cc1c(F)cc(CCCC(=O)O)cc1Cl. The minimum Gasteiger partial charge on any atom is -0.481 e. The third kappa shape index (κ3) is 3.51. The number of carboxylic acids is 1. The molecule has 0 bridgehead atoms. The highest BCUT2D eigenvalue weighted by atomic mass is 35.5. The van der Waals surface area contributed by atoms with Crippen molar-refractivity contribution in [1.82, 2.24) is 0 Å². The lowest BCUT2D eigenvalue weighted by atomic mass is 10.1. The summed E-state index contributed by atoms with van der Waals surface area (Å²) in [7, 11) is 0. The summed E-state index contributed by atoms with van der Waals surface area (Å²) in [6, 6.07) is 3.09. The van der Waals surface area contributed by atoms with Crippen molar-refractivity contribution in [3.63, 3.8) is 0 Å². The zero-order valence-corrected chi connectivity index (χ0v) is 9.14. The number of aryl methyl sites for hydroxylation is 1. The van der Waals surface area contributed by atoms with Gasteiger partial charge in [-0.15, -0.1) is 0 Å². The van der Waals surface area contributed by atoms with E-state index in [4.69, 9.17) is 16.7 Å². The van der Waals surface area contributed by atoms with Gasteiger partial charge in [0.15, 0.2) is 0 Å². The second kappa shape index (κ2) is 5.12. The number of rotatable bonds is 4. The van der Waals surface area contributed by atoms with Crippen molar-refractivity contribution in [2.24, 2.45) is 0 Å². The van der Waals surface area contributed by atoms with Gasteiger partial charge in [-0.3, -0.25) is 4.79 Å². The van der Waals surface area contributed by atoms with Gasteiger partial charge in [0.25, 0.3) is 0 Å². The number of aliphatic carboxylic acids is 1. The van der Waals surface area contributed by atoms with Crippen LogP contribution in [0.2, 0.25) is 5.02 Å². The molecule has 1 N–H and O–H groups in total. The predicted molar refractivity (Wildman–Crippen MR) is 56.7 cm³/mol. The Morgan fingerprint density at radius 3 is 2.73 bits per heavy atom. The highest BCUT2D eigenvalue weighted by molar-refractivity contribution is 6.31. The van der Waals surface area contributed by atoms with Gasteiger partial charge in [-0.1, -0.05) is 11.6 Å². The molecule has 2 nitrogen and oxygen atoms in total. The molecule has 82 valence electrons. The molecule has 15 heavy (non-hydrogen) atoms. The molecule has 1 rings (SSSR count). The average Bonchev–Trinajstić information content (AvgIpc) is 2.13. The molecule has 1 aromatic carbocycles. The minimum absolute atomic E-state index is 0.0904. The molecule has 0 saturated carbocycles. The zero-order valence-electron chi connectivity index (χ0n) is 8.39. The van der Waals surface area contributed by atoms with Gasteiger partial charge in [-0.25, -0.2) is 4.39 Å². The maximum atomic E-state index is 13.2. The van der Waals surface area contributed by atoms with Crippen molar-refractivity contribution in [1.29, 1.82) is 0 Å². The first-order chi connectivity index (χ1) is 7.00. The third-order valence-corrected chi connectivity index (χ3v) is 2.59. The smallest absolute Gasteiger partial charge is 0.303 e.